The van der Waals surface area contributed by atoms with E-state index in [9.17, 15) is 5.11 Å². The van der Waals surface area contributed by atoms with E-state index in [1.807, 2.05) is 36.4 Å². The number of aliphatic hydroxyl groups is 1. The third-order valence-corrected chi connectivity index (χ3v) is 3.36. The normalized spacial score (nSPS) is 17.1. The van der Waals surface area contributed by atoms with E-state index in [2.05, 4.69) is 15.3 Å². The number of hydrogen-bond donors (Lipinski definition) is 3. The highest BCUT2D eigenvalue weighted by molar-refractivity contribution is 5.95. The van der Waals surface area contributed by atoms with Crippen molar-refractivity contribution in [1.82, 2.24) is 4.98 Å². The van der Waals surface area contributed by atoms with Gasteiger partial charge in [-0.1, -0.05) is 18.2 Å². The van der Waals surface area contributed by atoms with Gasteiger partial charge in [0.25, 0.3) is 0 Å². The molecule has 0 bridgehead atoms. The third-order valence-electron chi connectivity index (χ3n) is 3.36. The number of guanidine groups is 1. The Bertz CT molecular complexity index is 640. The molecule has 0 fully saturated rings. The van der Waals surface area contributed by atoms with Crippen molar-refractivity contribution in [2.24, 2.45) is 10.7 Å². The van der Waals surface area contributed by atoms with Crippen LogP contribution in [0.2, 0.25) is 0 Å². The zero-order valence-electron chi connectivity index (χ0n) is 11.0. The first kappa shape index (κ1) is 12.6. The monoisotopic (exact) mass is 268 g/mol. The van der Waals surface area contributed by atoms with Gasteiger partial charge in [-0.3, -0.25) is 4.98 Å². The predicted molar refractivity (Wildman–Crippen MR) is 78.3 cm³/mol. The molecule has 2 aromatic rings. The fourth-order valence-corrected chi connectivity index (χ4v) is 2.42. The number of nitrogens with two attached hydrogens (primary N) is 1. The molecule has 20 heavy (non-hydrogen) atoms. The molecule has 0 aliphatic carbocycles. The van der Waals surface area contributed by atoms with E-state index in [1.54, 1.807) is 6.20 Å². The average molecular weight is 268 g/mol. The van der Waals surface area contributed by atoms with Crippen molar-refractivity contribution in [3.63, 3.8) is 0 Å². The second-order valence-corrected chi connectivity index (χ2v) is 4.71. The molecule has 0 amide bonds. The van der Waals surface area contributed by atoms with E-state index in [1.165, 1.54) is 0 Å². The standard InChI is InChI=1S/C15H16N4O/c16-15-18-12-6-3-4-10(13(12)14(20)19-15)7-8-11-5-1-2-9-17-11/h1-6,9,14,20H,7-8H2,(H3,16,18,19). The maximum atomic E-state index is 10.1. The molecule has 0 saturated carbocycles. The van der Waals surface area contributed by atoms with Gasteiger partial charge >= 0.3 is 0 Å². The molecule has 102 valence electrons. The number of rotatable bonds is 3. The highest BCUT2D eigenvalue weighted by atomic mass is 16.3. The van der Waals surface area contributed by atoms with Crippen LogP contribution >= 0.6 is 0 Å². The van der Waals surface area contributed by atoms with Crippen LogP contribution in [0.3, 0.4) is 0 Å². The number of aromatic nitrogens is 1. The largest absolute Gasteiger partial charge is 0.370 e. The lowest BCUT2D eigenvalue weighted by Crippen LogP contribution is -2.28. The minimum atomic E-state index is -0.897. The maximum Gasteiger partial charge on any atom is 0.195 e. The lowest BCUT2D eigenvalue weighted by Gasteiger charge is -2.22. The first-order chi connectivity index (χ1) is 9.74. The van der Waals surface area contributed by atoms with Crippen molar-refractivity contribution in [3.05, 3.63) is 59.4 Å². The molecule has 5 heteroatoms. The summed E-state index contributed by atoms with van der Waals surface area (Å²) in [6, 6.07) is 11.7. The topological polar surface area (TPSA) is 83.5 Å². The van der Waals surface area contributed by atoms with Gasteiger partial charge in [0.05, 0.1) is 0 Å². The van der Waals surface area contributed by atoms with Crippen LogP contribution in [-0.4, -0.2) is 16.1 Å². The molecule has 0 spiro atoms. The number of nitrogens with zero attached hydrogens (tertiary/aromatic N) is 2. The van der Waals surface area contributed by atoms with E-state index < -0.39 is 6.23 Å². The summed E-state index contributed by atoms with van der Waals surface area (Å²) < 4.78 is 0. The molecular weight excluding hydrogens is 252 g/mol. The Morgan fingerprint density at radius 2 is 2.05 bits per heavy atom. The fourth-order valence-electron chi connectivity index (χ4n) is 2.42. The number of pyridine rings is 1. The molecule has 1 aromatic heterocycles. The van der Waals surface area contributed by atoms with Crippen LogP contribution in [-0.2, 0) is 12.8 Å². The summed E-state index contributed by atoms with van der Waals surface area (Å²) in [5.41, 5.74) is 9.34. The summed E-state index contributed by atoms with van der Waals surface area (Å²) in [6.07, 6.45) is 2.51. The minimum absolute atomic E-state index is 0.242. The molecule has 1 aliphatic heterocycles. The summed E-state index contributed by atoms with van der Waals surface area (Å²) in [4.78, 5) is 8.27. The highest BCUT2D eigenvalue weighted by Gasteiger charge is 2.20. The van der Waals surface area contributed by atoms with Crippen molar-refractivity contribution >= 4 is 11.6 Å². The second-order valence-electron chi connectivity index (χ2n) is 4.71. The number of nitrogens with one attached hydrogen (secondary N) is 1. The zero-order valence-corrected chi connectivity index (χ0v) is 11.0. The van der Waals surface area contributed by atoms with Gasteiger partial charge in [0.1, 0.15) is 0 Å². The van der Waals surface area contributed by atoms with Crippen molar-refractivity contribution in [2.75, 3.05) is 5.32 Å². The Kier molecular flexibility index (Phi) is 3.35. The summed E-state index contributed by atoms with van der Waals surface area (Å²) >= 11 is 0. The van der Waals surface area contributed by atoms with E-state index >= 15 is 0 Å². The van der Waals surface area contributed by atoms with Gasteiger partial charge in [0.2, 0.25) is 0 Å². The molecular formula is C15H16N4O. The summed E-state index contributed by atoms with van der Waals surface area (Å²) in [5.74, 6) is 0.242. The molecule has 3 rings (SSSR count). The zero-order chi connectivity index (χ0) is 13.9. The number of benzene rings is 1. The highest BCUT2D eigenvalue weighted by Crippen LogP contribution is 2.31. The molecule has 1 atom stereocenters. The average Bonchev–Trinajstić information content (AvgIpc) is 2.45. The molecule has 0 saturated heterocycles. The number of aliphatic hydroxyl groups excluding tert-OH is 1. The van der Waals surface area contributed by atoms with Crippen LogP contribution in [0.25, 0.3) is 0 Å². The van der Waals surface area contributed by atoms with E-state index in [0.717, 1.165) is 35.3 Å². The fraction of sp³-hybridized carbons (Fsp3) is 0.200. The molecule has 1 unspecified atom stereocenters. The van der Waals surface area contributed by atoms with Crippen LogP contribution < -0.4 is 11.1 Å². The molecule has 1 aromatic carbocycles. The Hall–Kier alpha value is -2.40. The number of fused-ring (bicyclic) bond motifs is 1. The lowest BCUT2D eigenvalue weighted by molar-refractivity contribution is 0.187. The molecule has 2 heterocycles. The Balaban J connectivity index is 1.84. The van der Waals surface area contributed by atoms with Crippen LogP contribution in [0, 0.1) is 0 Å². The first-order valence-corrected chi connectivity index (χ1v) is 6.54. The quantitative estimate of drug-likeness (QED) is 0.789. The Labute approximate surface area is 117 Å². The predicted octanol–water partition coefficient (Wildman–Crippen LogP) is 1.60. The smallest absolute Gasteiger partial charge is 0.195 e. The Morgan fingerprint density at radius 3 is 2.85 bits per heavy atom. The second kappa shape index (κ2) is 5.30. The van der Waals surface area contributed by atoms with Gasteiger partial charge in [0, 0.05) is 23.1 Å². The number of hydrogen-bond acceptors (Lipinski definition) is 5. The first-order valence-electron chi connectivity index (χ1n) is 6.54. The van der Waals surface area contributed by atoms with Crippen LogP contribution in [0.1, 0.15) is 23.0 Å². The van der Waals surface area contributed by atoms with Gasteiger partial charge in [-0.15, -0.1) is 0 Å². The van der Waals surface area contributed by atoms with Gasteiger partial charge in [-0.25, -0.2) is 4.99 Å². The van der Waals surface area contributed by atoms with E-state index in [4.69, 9.17) is 5.73 Å². The van der Waals surface area contributed by atoms with Crippen LogP contribution in [0.15, 0.2) is 47.6 Å². The van der Waals surface area contributed by atoms with E-state index in [0.29, 0.717) is 0 Å². The number of anilines is 1. The molecule has 5 nitrogen and oxygen atoms in total. The SMILES string of the molecule is NC1=NC(O)c2c(CCc3ccccn3)cccc2N1. The van der Waals surface area contributed by atoms with Crippen LogP contribution in [0.5, 0.6) is 0 Å². The molecule has 4 N–H and O–H groups in total. The van der Waals surface area contributed by atoms with Gasteiger partial charge in [-0.2, -0.15) is 0 Å². The maximum absolute atomic E-state index is 10.1. The number of aryl methyl sites for hydroxylation is 2. The number of aliphatic imine (C=N–C) groups is 1. The van der Waals surface area contributed by atoms with Gasteiger partial charge in [-0.05, 0) is 36.6 Å². The van der Waals surface area contributed by atoms with Crippen molar-refractivity contribution in [3.8, 4) is 0 Å². The third kappa shape index (κ3) is 2.48. The van der Waals surface area contributed by atoms with Crippen molar-refractivity contribution in [1.29, 1.82) is 0 Å². The summed E-state index contributed by atoms with van der Waals surface area (Å²) in [5, 5.41) is 13.1. The molecule has 0 radical (unpaired) electrons. The van der Waals surface area contributed by atoms with E-state index in [-0.39, 0.29) is 5.96 Å². The van der Waals surface area contributed by atoms with Crippen molar-refractivity contribution < 1.29 is 5.11 Å². The summed E-state index contributed by atoms with van der Waals surface area (Å²) in [7, 11) is 0. The Morgan fingerprint density at radius 1 is 1.15 bits per heavy atom. The lowest BCUT2D eigenvalue weighted by atomic mass is 9.98. The minimum Gasteiger partial charge on any atom is -0.370 e. The summed E-state index contributed by atoms with van der Waals surface area (Å²) in [6.45, 7) is 0. The van der Waals surface area contributed by atoms with Gasteiger partial charge < -0.3 is 16.2 Å². The molecule has 1 aliphatic rings. The van der Waals surface area contributed by atoms with Crippen molar-refractivity contribution in [2.45, 2.75) is 19.1 Å². The van der Waals surface area contributed by atoms with Crippen LogP contribution in [0.4, 0.5) is 5.69 Å². The van der Waals surface area contributed by atoms with Gasteiger partial charge in [0.15, 0.2) is 12.2 Å².